The van der Waals surface area contributed by atoms with Crippen LogP contribution in [0.5, 0.6) is 0 Å². The molecule has 0 fully saturated rings. The molecule has 0 aliphatic heterocycles. The van der Waals surface area contributed by atoms with Gasteiger partial charge in [0.05, 0.1) is 29.1 Å². The number of non-ortho nitro benzene ring substituents is 1. The van der Waals surface area contributed by atoms with Gasteiger partial charge in [-0.15, -0.1) is 0 Å². The lowest BCUT2D eigenvalue weighted by atomic mass is 10.1. The van der Waals surface area contributed by atoms with E-state index in [0.717, 1.165) is 5.56 Å². The Morgan fingerprint density at radius 3 is 2.38 bits per heavy atom. The predicted octanol–water partition coefficient (Wildman–Crippen LogP) is 6.04. The molecule has 1 aromatic heterocycles. The Hall–Kier alpha value is -2.71. The lowest BCUT2D eigenvalue weighted by molar-refractivity contribution is -0.384. The minimum Gasteiger partial charge on any atom is -0.464 e. The molecule has 0 saturated heterocycles. The van der Waals surface area contributed by atoms with Gasteiger partial charge in [-0.3, -0.25) is 19.5 Å². The van der Waals surface area contributed by atoms with Crippen LogP contribution in [0, 0.1) is 17.0 Å². The minimum atomic E-state index is -3.91. The first-order valence-corrected chi connectivity index (χ1v) is 11.8. The molecule has 0 aliphatic rings. The van der Waals surface area contributed by atoms with E-state index in [2.05, 4.69) is 5.32 Å². The average molecular weight is 481 g/mol. The Morgan fingerprint density at radius 1 is 1.19 bits per heavy atom. The fourth-order valence-corrected chi connectivity index (χ4v) is 5.25. The monoisotopic (exact) mass is 480 g/mol. The van der Waals surface area contributed by atoms with Crippen molar-refractivity contribution in [2.24, 2.45) is 0 Å². The van der Waals surface area contributed by atoms with Crippen LogP contribution in [0.15, 0.2) is 51.9 Å². The molecule has 9 nitrogen and oxygen atoms in total. The Kier molecular flexibility index (Phi) is 7.36. The molecule has 0 spiro atoms. The summed E-state index contributed by atoms with van der Waals surface area (Å²) in [6.07, 6.45) is 1.21. The summed E-state index contributed by atoms with van der Waals surface area (Å²) in [6.45, 7) is 5.23. The second-order valence-corrected chi connectivity index (χ2v) is 9.36. The third-order valence-electron chi connectivity index (χ3n) is 4.69. The maximum atomic E-state index is 13.7. The molecule has 170 valence electrons. The van der Waals surface area contributed by atoms with E-state index in [1.54, 1.807) is 26.8 Å². The minimum absolute atomic E-state index is 0.0148. The molecule has 3 rings (SSSR count). The van der Waals surface area contributed by atoms with Gasteiger partial charge in [-0.2, -0.15) is 0 Å². The fraction of sp³-hybridized carbons (Fsp3) is 0.286. The summed E-state index contributed by atoms with van der Waals surface area (Å²) in [5.41, 5.74) is 0.900. The van der Waals surface area contributed by atoms with Gasteiger partial charge in [0.15, 0.2) is 11.2 Å². The molecule has 3 aromatic rings. The first kappa shape index (κ1) is 23.9. The molecule has 0 amide bonds. The number of aryl methyl sites for hydroxylation is 1. The van der Waals surface area contributed by atoms with E-state index in [4.69, 9.17) is 25.1 Å². The maximum Gasteiger partial charge on any atom is 0.357 e. The van der Waals surface area contributed by atoms with Crippen molar-refractivity contribution in [3.05, 3.63) is 79.1 Å². The van der Waals surface area contributed by atoms with Crippen molar-refractivity contribution < 1.29 is 23.0 Å². The van der Waals surface area contributed by atoms with Crippen LogP contribution in [0.25, 0.3) is 11.0 Å². The molecule has 0 unspecified atom stereocenters. The van der Waals surface area contributed by atoms with Gasteiger partial charge in [0.25, 0.3) is 5.69 Å². The number of anilines is 1. The number of rotatable bonds is 9. The summed E-state index contributed by atoms with van der Waals surface area (Å²) in [6, 6.07) is 8.60. The van der Waals surface area contributed by atoms with Gasteiger partial charge in [-0.1, -0.05) is 11.6 Å². The molecule has 32 heavy (non-hydrogen) atoms. The van der Waals surface area contributed by atoms with E-state index in [-0.39, 0.29) is 29.9 Å². The lowest BCUT2D eigenvalue weighted by Gasteiger charge is -2.27. The van der Waals surface area contributed by atoms with E-state index in [9.17, 15) is 19.5 Å². The van der Waals surface area contributed by atoms with E-state index in [0.29, 0.717) is 16.3 Å². The van der Waals surface area contributed by atoms with Crippen LogP contribution in [0.1, 0.15) is 30.8 Å². The van der Waals surface area contributed by atoms with E-state index in [1.807, 2.05) is 0 Å². The third kappa shape index (κ3) is 4.86. The Labute approximate surface area is 189 Å². The molecule has 2 aromatic carbocycles. The van der Waals surface area contributed by atoms with Crippen LogP contribution in [-0.4, -0.2) is 18.1 Å². The van der Waals surface area contributed by atoms with Crippen LogP contribution >= 0.6 is 19.2 Å². The van der Waals surface area contributed by atoms with Crippen molar-refractivity contribution in [2.45, 2.75) is 26.6 Å². The number of nitro benzene ring substituents is 1. The number of nitro groups is 1. The first-order chi connectivity index (χ1) is 15.2. The summed E-state index contributed by atoms with van der Waals surface area (Å²) in [7, 11) is -3.91. The fourth-order valence-electron chi connectivity index (χ4n) is 3.17. The van der Waals surface area contributed by atoms with Gasteiger partial charge < -0.3 is 18.8 Å². The predicted molar refractivity (Wildman–Crippen MR) is 123 cm³/mol. The van der Waals surface area contributed by atoms with Crippen LogP contribution in [0.3, 0.4) is 0 Å². The molecule has 0 aliphatic carbocycles. The van der Waals surface area contributed by atoms with Gasteiger partial charge >= 0.3 is 7.60 Å². The Balaban J connectivity index is 2.16. The highest BCUT2D eigenvalue weighted by molar-refractivity contribution is 7.54. The average Bonchev–Trinajstić information content (AvgIpc) is 2.75. The highest BCUT2D eigenvalue weighted by atomic mass is 35.5. The van der Waals surface area contributed by atoms with Crippen molar-refractivity contribution in [1.29, 1.82) is 0 Å². The highest BCUT2D eigenvalue weighted by Gasteiger charge is 2.39. The van der Waals surface area contributed by atoms with Gasteiger partial charge in [-0.25, -0.2) is 0 Å². The van der Waals surface area contributed by atoms with Crippen molar-refractivity contribution >= 4 is 41.5 Å². The standard InChI is InChI=1S/C21H22ClN2O7P/c1-4-30-32(28,31-5-2)21(23-14-6-8-15(9-7-14)24(26)27)17-12-29-19-10-13(3)18(22)11-16(19)20(17)25/h6-12,21,23H,4-5H2,1-3H3/t21-/m1/s1. The second-order valence-electron chi connectivity index (χ2n) is 6.84. The Bertz CT molecular complexity index is 1230. The highest BCUT2D eigenvalue weighted by Crippen LogP contribution is 2.60. The molecule has 1 atom stereocenters. The largest absolute Gasteiger partial charge is 0.464 e. The summed E-state index contributed by atoms with van der Waals surface area (Å²) < 4.78 is 30.3. The number of benzene rings is 2. The quantitative estimate of drug-likeness (QED) is 0.223. The van der Waals surface area contributed by atoms with Crippen LogP contribution in [0.4, 0.5) is 11.4 Å². The molecule has 0 radical (unpaired) electrons. The first-order valence-electron chi connectivity index (χ1n) is 9.81. The third-order valence-corrected chi connectivity index (χ3v) is 7.37. The topological polar surface area (TPSA) is 121 Å². The zero-order valence-corrected chi connectivity index (χ0v) is 19.3. The van der Waals surface area contributed by atoms with Crippen molar-refractivity contribution in [3.63, 3.8) is 0 Å². The van der Waals surface area contributed by atoms with Gasteiger partial charge in [-0.05, 0) is 50.6 Å². The molecular weight excluding hydrogens is 459 g/mol. The molecular formula is C21H22ClN2O7P. The van der Waals surface area contributed by atoms with Crippen LogP contribution in [0.2, 0.25) is 5.02 Å². The molecule has 1 heterocycles. The maximum absolute atomic E-state index is 13.7. The van der Waals surface area contributed by atoms with Gasteiger partial charge in [0.2, 0.25) is 0 Å². The molecule has 1 N–H and O–H groups in total. The summed E-state index contributed by atoms with van der Waals surface area (Å²) in [5.74, 6) is -1.23. The van der Waals surface area contributed by atoms with Crippen LogP contribution in [-0.2, 0) is 13.6 Å². The molecule has 0 bridgehead atoms. The zero-order chi connectivity index (χ0) is 23.5. The molecule has 0 saturated carbocycles. The number of hydrogen-bond acceptors (Lipinski definition) is 8. The van der Waals surface area contributed by atoms with Crippen molar-refractivity contribution in [3.8, 4) is 0 Å². The number of halogens is 1. The lowest BCUT2D eigenvalue weighted by Crippen LogP contribution is -2.22. The SMILES string of the molecule is CCOP(=O)(OCC)[C@@H](Nc1ccc([N+](=O)[O-])cc1)c1coc2cc(C)c(Cl)cc2c1=O. The number of nitrogens with zero attached hydrogens (tertiary/aromatic N) is 1. The van der Waals surface area contributed by atoms with Crippen molar-refractivity contribution in [2.75, 3.05) is 18.5 Å². The summed E-state index contributed by atoms with van der Waals surface area (Å²) >= 11 is 6.20. The smallest absolute Gasteiger partial charge is 0.357 e. The van der Waals surface area contributed by atoms with Crippen molar-refractivity contribution in [1.82, 2.24) is 0 Å². The number of nitrogens with one attached hydrogen (secondary N) is 1. The second kappa shape index (κ2) is 9.83. The normalized spacial score (nSPS) is 12.6. The van der Waals surface area contributed by atoms with Gasteiger partial charge in [0, 0.05) is 22.8 Å². The summed E-state index contributed by atoms with van der Waals surface area (Å²) in [5, 5.41) is 14.5. The van der Waals surface area contributed by atoms with Crippen LogP contribution < -0.4 is 10.7 Å². The van der Waals surface area contributed by atoms with E-state index in [1.165, 1.54) is 36.6 Å². The zero-order valence-electron chi connectivity index (χ0n) is 17.7. The Morgan fingerprint density at radius 2 is 1.81 bits per heavy atom. The number of fused-ring (bicyclic) bond motifs is 1. The number of hydrogen-bond donors (Lipinski definition) is 1. The van der Waals surface area contributed by atoms with E-state index < -0.39 is 23.7 Å². The van der Waals surface area contributed by atoms with E-state index >= 15 is 0 Å². The molecule has 11 heteroatoms. The van der Waals surface area contributed by atoms with Gasteiger partial charge in [0.1, 0.15) is 11.8 Å². The summed E-state index contributed by atoms with van der Waals surface area (Å²) in [4.78, 5) is 23.8.